The van der Waals surface area contributed by atoms with E-state index in [0.717, 1.165) is 10.7 Å². The molecule has 2 heteroatoms. The molecule has 0 N–H and O–H groups in total. The van der Waals surface area contributed by atoms with E-state index in [0.29, 0.717) is 0 Å². The summed E-state index contributed by atoms with van der Waals surface area (Å²) in [6.45, 7) is 0. The van der Waals surface area contributed by atoms with Gasteiger partial charge in [-0.3, -0.25) is 0 Å². The van der Waals surface area contributed by atoms with Gasteiger partial charge in [0.05, 0.1) is 0 Å². The quantitative estimate of drug-likeness (QED) is 0.211. The Hall–Kier alpha value is 0.180. The third kappa shape index (κ3) is 10.8. The summed E-state index contributed by atoms with van der Waals surface area (Å²) in [5.74, 6) is 0. The third-order valence-electron chi connectivity index (χ3n) is 4.22. The first kappa shape index (κ1) is 20.2. The minimum Gasteiger partial charge on any atom is -0.0928 e. The number of hydrogen-bond donors (Lipinski definition) is 0. The van der Waals surface area contributed by atoms with Gasteiger partial charge in [-0.2, -0.15) is 0 Å². The van der Waals surface area contributed by atoms with Crippen LogP contribution < -0.4 is 0 Å². The van der Waals surface area contributed by atoms with Crippen molar-refractivity contribution in [1.29, 1.82) is 0 Å². The number of halogens is 2. The Bertz CT molecular complexity index is 310. The molecule has 0 saturated heterocycles. The lowest BCUT2D eigenvalue weighted by molar-refractivity contribution is 0.633. The summed E-state index contributed by atoms with van der Waals surface area (Å²) in [4.78, 5) is 0. The molecule has 22 heavy (non-hydrogen) atoms. The van der Waals surface area contributed by atoms with Gasteiger partial charge in [0.2, 0.25) is 0 Å². The molecule has 0 heterocycles. The maximum atomic E-state index is 3.49. The molecule has 0 amide bonds. The maximum Gasteiger partial charge on any atom is 0.00313 e. The molecular weight excluding hydrogens is 400 g/mol. The molecule has 1 aromatic rings. The first-order chi connectivity index (χ1) is 10.9. The molecule has 126 valence electrons. The highest BCUT2D eigenvalue weighted by atomic mass is 79.9. The Morgan fingerprint density at radius 1 is 0.455 bits per heavy atom. The average Bonchev–Trinajstić information content (AvgIpc) is 2.55. The van der Waals surface area contributed by atoms with Crippen LogP contribution in [0.3, 0.4) is 0 Å². The van der Waals surface area contributed by atoms with Crippen LogP contribution in [-0.2, 0) is 12.8 Å². The topological polar surface area (TPSA) is 0 Å². The van der Waals surface area contributed by atoms with Crippen molar-refractivity contribution in [3.05, 3.63) is 35.4 Å². The fourth-order valence-corrected chi connectivity index (χ4v) is 3.57. The van der Waals surface area contributed by atoms with Crippen molar-refractivity contribution in [3.8, 4) is 0 Å². The van der Waals surface area contributed by atoms with E-state index in [9.17, 15) is 0 Å². The smallest absolute Gasteiger partial charge is 0.00313 e. The zero-order valence-electron chi connectivity index (χ0n) is 14.0. The van der Waals surface area contributed by atoms with Crippen LogP contribution in [0.1, 0.15) is 75.3 Å². The van der Waals surface area contributed by atoms with Crippen molar-refractivity contribution in [2.75, 3.05) is 10.7 Å². The molecular formula is C20H32Br2. The van der Waals surface area contributed by atoms with Crippen LogP contribution in [0, 0.1) is 0 Å². The second-order valence-electron chi connectivity index (χ2n) is 6.23. The summed E-state index contributed by atoms with van der Waals surface area (Å²) < 4.78 is 0. The lowest BCUT2D eigenvalue weighted by atomic mass is 10.0. The van der Waals surface area contributed by atoms with E-state index in [1.807, 2.05) is 0 Å². The molecule has 0 atom stereocenters. The van der Waals surface area contributed by atoms with Gasteiger partial charge < -0.3 is 0 Å². The van der Waals surface area contributed by atoms with E-state index < -0.39 is 0 Å². The van der Waals surface area contributed by atoms with Gasteiger partial charge in [-0.05, 0) is 49.7 Å². The second-order valence-corrected chi connectivity index (χ2v) is 7.82. The summed E-state index contributed by atoms with van der Waals surface area (Å²) in [7, 11) is 0. The van der Waals surface area contributed by atoms with Crippen molar-refractivity contribution < 1.29 is 0 Å². The van der Waals surface area contributed by atoms with Crippen LogP contribution in [-0.4, -0.2) is 10.7 Å². The van der Waals surface area contributed by atoms with Gasteiger partial charge in [-0.25, -0.2) is 0 Å². The lowest BCUT2D eigenvalue weighted by Crippen LogP contribution is -1.90. The number of rotatable bonds is 14. The molecule has 0 unspecified atom stereocenters. The van der Waals surface area contributed by atoms with Crippen LogP contribution in [0.15, 0.2) is 24.3 Å². The summed E-state index contributed by atoms with van der Waals surface area (Å²) in [5, 5.41) is 2.32. The molecule has 0 aliphatic rings. The largest absolute Gasteiger partial charge is 0.0928 e. The van der Waals surface area contributed by atoms with Crippen LogP contribution in [0.25, 0.3) is 0 Å². The summed E-state index contributed by atoms with van der Waals surface area (Å²) >= 11 is 6.99. The number of aryl methyl sites for hydroxylation is 2. The molecule has 0 aliphatic carbocycles. The van der Waals surface area contributed by atoms with E-state index >= 15 is 0 Å². The maximum absolute atomic E-state index is 3.49. The zero-order valence-corrected chi connectivity index (χ0v) is 17.1. The minimum atomic E-state index is 1.16. The second kappa shape index (κ2) is 14.8. The normalized spacial score (nSPS) is 11.0. The van der Waals surface area contributed by atoms with Gasteiger partial charge in [0.25, 0.3) is 0 Å². The first-order valence-electron chi connectivity index (χ1n) is 9.06. The van der Waals surface area contributed by atoms with Crippen LogP contribution in [0.2, 0.25) is 0 Å². The van der Waals surface area contributed by atoms with Gasteiger partial charge in [-0.1, -0.05) is 94.7 Å². The van der Waals surface area contributed by atoms with Gasteiger partial charge in [-0.15, -0.1) is 0 Å². The molecule has 0 radical (unpaired) electrons. The molecule has 0 aliphatic heterocycles. The Kier molecular flexibility index (Phi) is 13.6. The highest BCUT2D eigenvalue weighted by Gasteiger charge is 1.97. The fraction of sp³-hybridized carbons (Fsp3) is 0.700. The van der Waals surface area contributed by atoms with Gasteiger partial charge >= 0.3 is 0 Å². The van der Waals surface area contributed by atoms with Crippen molar-refractivity contribution >= 4 is 31.9 Å². The Morgan fingerprint density at radius 3 is 1.14 bits per heavy atom. The molecule has 0 aromatic heterocycles. The van der Waals surface area contributed by atoms with E-state index in [4.69, 9.17) is 0 Å². The predicted octanol–water partition coefficient (Wildman–Crippen LogP) is 7.46. The van der Waals surface area contributed by atoms with Gasteiger partial charge in [0, 0.05) is 10.7 Å². The van der Waals surface area contributed by atoms with Crippen LogP contribution in [0.5, 0.6) is 0 Å². The number of unbranched alkanes of at least 4 members (excludes halogenated alkanes) is 8. The first-order valence-corrected chi connectivity index (χ1v) is 11.3. The standard InChI is InChI=1S/C20H32Br2/c21-17-9-5-1-3-7-11-19-13-15-20(16-14-19)12-8-4-2-6-10-18-22/h13-16H,1-12,17-18H2. The highest BCUT2D eigenvalue weighted by Crippen LogP contribution is 2.13. The van der Waals surface area contributed by atoms with Crippen molar-refractivity contribution in [3.63, 3.8) is 0 Å². The highest BCUT2D eigenvalue weighted by molar-refractivity contribution is 9.09. The lowest BCUT2D eigenvalue weighted by Gasteiger charge is -2.05. The van der Waals surface area contributed by atoms with Crippen molar-refractivity contribution in [2.45, 2.75) is 77.0 Å². The van der Waals surface area contributed by atoms with Gasteiger partial charge in [0.1, 0.15) is 0 Å². The molecule has 0 spiro atoms. The molecule has 1 aromatic carbocycles. The molecule has 1 rings (SSSR count). The number of alkyl halides is 2. The van der Waals surface area contributed by atoms with Crippen LogP contribution in [0.4, 0.5) is 0 Å². The van der Waals surface area contributed by atoms with Crippen molar-refractivity contribution in [1.82, 2.24) is 0 Å². The zero-order chi connectivity index (χ0) is 15.9. The van der Waals surface area contributed by atoms with E-state index in [1.54, 1.807) is 0 Å². The molecule has 0 fully saturated rings. The SMILES string of the molecule is BrCCCCCCCc1ccc(CCCCCCCBr)cc1. The Labute approximate surface area is 154 Å². The molecule has 0 bridgehead atoms. The number of hydrogen-bond acceptors (Lipinski definition) is 0. The minimum absolute atomic E-state index is 1.16. The van der Waals surface area contributed by atoms with Crippen LogP contribution >= 0.6 is 31.9 Å². The van der Waals surface area contributed by atoms with Crippen molar-refractivity contribution in [2.24, 2.45) is 0 Å². The summed E-state index contributed by atoms with van der Waals surface area (Å²) in [5.41, 5.74) is 3.03. The van der Waals surface area contributed by atoms with E-state index in [1.165, 1.54) is 88.2 Å². The predicted molar refractivity (Wildman–Crippen MR) is 108 cm³/mol. The molecule has 0 nitrogen and oxygen atoms in total. The summed E-state index contributed by atoms with van der Waals surface area (Å²) in [6, 6.07) is 9.38. The summed E-state index contributed by atoms with van der Waals surface area (Å²) in [6.07, 6.45) is 16.1. The Balaban J connectivity index is 2.07. The average molecular weight is 432 g/mol. The fourth-order valence-electron chi connectivity index (χ4n) is 2.78. The van der Waals surface area contributed by atoms with E-state index in [-0.39, 0.29) is 0 Å². The monoisotopic (exact) mass is 430 g/mol. The van der Waals surface area contributed by atoms with E-state index in [2.05, 4.69) is 56.1 Å². The molecule has 0 saturated carbocycles. The Morgan fingerprint density at radius 2 is 0.773 bits per heavy atom. The van der Waals surface area contributed by atoms with Gasteiger partial charge in [0.15, 0.2) is 0 Å². The third-order valence-corrected chi connectivity index (χ3v) is 5.34. The number of benzene rings is 1.